The molecule has 3 amide bonds. The number of benzene rings is 1. The highest BCUT2D eigenvalue weighted by atomic mass is 32.2. The summed E-state index contributed by atoms with van der Waals surface area (Å²) in [4.78, 5) is 46.5. The van der Waals surface area contributed by atoms with Gasteiger partial charge in [0.25, 0.3) is 11.6 Å². The predicted molar refractivity (Wildman–Crippen MR) is 100 cm³/mol. The first-order valence-corrected chi connectivity index (χ1v) is 9.01. The van der Waals surface area contributed by atoms with Gasteiger partial charge >= 0.3 is 12.0 Å². The number of nitro groups is 1. The monoisotopic (exact) mass is 397 g/mol. The summed E-state index contributed by atoms with van der Waals surface area (Å²) in [7, 11) is 0. The molecular weight excluding hydrogens is 374 g/mol. The molecule has 0 saturated carbocycles. The van der Waals surface area contributed by atoms with Crippen LogP contribution in [-0.4, -0.2) is 39.7 Å². The maximum Gasteiger partial charge on any atom is 0.321 e. The first-order valence-electron chi connectivity index (χ1n) is 8.13. The van der Waals surface area contributed by atoms with Crippen molar-refractivity contribution in [1.82, 2.24) is 10.6 Å². The summed E-state index contributed by atoms with van der Waals surface area (Å²) in [6, 6.07) is 5.05. The summed E-state index contributed by atoms with van der Waals surface area (Å²) in [5.74, 6) is -1.38. The van der Waals surface area contributed by atoms with Gasteiger partial charge in [0.1, 0.15) is 5.25 Å². The van der Waals surface area contributed by atoms with Crippen LogP contribution in [0.15, 0.2) is 29.2 Å². The van der Waals surface area contributed by atoms with Crippen LogP contribution >= 0.6 is 11.8 Å². The van der Waals surface area contributed by atoms with Gasteiger partial charge in [-0.05, 0) is 46.8 Å². The second kappa shape index (κ2) is 9.36. The van der Waals surface area contributed by atoms with Crippen LogP contribution in [-0.2, 0) is 14.3 Å². The summed E-state index contributed by atoms with van der Waals surface area (Å²) in [6.07, 6.45) is -1.15. The van der Waals surface area contributed by atoms with Crippen molar-refractivity contribution in [2.75, 3.05) is 0 Å². The summed E-state index contributed by atoms with van der Waals surface area (Å²) in [5.41, 5.74) is -0.561. The first-order chi connectivity index (χ1) is 12.4. The molecule has 27 heavy (non-hydrogen) atoms. The number of hydrogen-bond acceptors (Lipinski definition) is 7. The van der Waals surface area contributed by atoms with E-state index in [1.807, 2.05) is 0 Å². The molecule has 9 nitrogen and oxygen atoms in total. The Morgan fingerprint density at radius 2 is 1.70 bits per heavy atom. The number of nitro benzene ring substituents is 1. The number of nitrogens with zero attached hydrogens (tertiary/aromatic N) is 1. The first kappa shape index (κ1) is 22.4. The van der Waals surface area contributed by atoms with Crippen LogP contribution < -0.4 is 10.6 Å². The largest absolute Gasteiger partial charge is 0.452 e. The lowest BCUT2D eigenvalue weighted by Crippen LogP contribution is -2.50. The third kappa shape index (κ3) is 8.07. The maximum absolute atomic E-state index is 12.1. The Labute approximate surface area is 161 Å². The van der Waals surface area contributed by atoms with E-state index in [1.54, 1.807) is 27.7 Å². The molecule has 1 aromatic carbocycles. The predicted octanol–water partition coefficient (Wildman–Crippen LogP) is 2.63. The van der Waals surface area contributed by atoms with Crippen molar-refractivity contribution in [3.8, 4) is 0 Å². The van der Waals surface area contributed by atoms with Crippen LogP contribution in [0.3, 0.4) is 0 Å². The second-order valence-electron chi connectivity index (χ2n) is 6.78. The average Bonchev–Trinajstić information content (AvgIpc) is 2.53. The van der Waals surface area contributed by atoms with Crippen molar-refractivity contribution in [2.45, 2.75) is 56.4 Å². The summed E-state index contributed by atoms with van der Waals surface area (Å²) >= 11 is 1.14. The molecule has 1 aromatic rings. The number of thioether (sulfide) groups is 1. The molecule has 0 aliphatic rings. The van der Waals surface area contributed by atoms with Crippen LogP contribution in [0.25, 0.3) is 0 Å². The number of carbonyl (C=O) groups excluding carboxylic acids is 3. The number of hydrogen-bond donors (Lipinski definition) is 2. The molecule has 0 spiro atoms. The molecule has 0 aromatic heterocycles. The Morgan fingerprint density at radius 1 is 1.15 bits per heavy atom. The molecule has 0 bridgehead atoms. The standard InChI is InChI=1S/C17H23N3O6S/c1-10(14(21)18-16(23)19-17(3,4)5)26-15(22)11(2)27-13-8-6-12(7-9-13)20(24)25/h6-11H,1-5H3,(H2,18,19,21,23)/t10-,11-/m1/s1. The van der Waals surface area contributed by atoms with Gasteiger partial charge in [0.15, 0.2) is 6.10 Å². The topological polar surface area (TPSA) is 128 Å². The van der Waals surface area contributed by atoms with E-state index in [2.05, 4.69) is 10.6 Å². The molecule has 0 heterocycles. The zero-order valence-electron chi connectivity index (χ0n) is 15.8. The van der Waals surface area contributed by atoms with E-state index in [9.17, 15) is 24.5 Å². The van der Waals surface area contributed by atoms with E-state index < -0.39 is 39.7 Å². The Morgan fingerprint density at radius 3 is 2.19 bits per heavy atom. The molecular formula is C17H23N3O6S. The lowest BCUT2D eigenvalue weighted by Gasteiger charge is -2.21. The van der Waals surface area contributed by atoms with E-state index in [1.165, 1.54) is 31.2 Å². The Bertz CT molecular complexity index is 714. The number of carbonyl (C=O) groups is 3. The smallest absolute Gasteiger partial charge is 0.321 e. The van der Waals surface area contributed by atoms with Crippen molar-refractivity contribution >= 4 is 35.4 Å². The summed E-state index contributed by atoms with van der Waals surface area (Å²) in [6.45, 7) is 8.24. The fourth-order valence-corrected chi connectivity index (χ4v) is 2.66. The third-order valence-electron chi connectivity index (χ3n) is 3.08. The zero-order chi connectivity index (χ0) is 20.8. The van der Waals surface area contributed by atoms with Crippen molar-refractivity contribution in [1.29, 1.82) is 0 Å². The highest BCUT2D eigenvalue weighted by molar-refractivity contribution is 8.00. The quantitative estimate of drug-likeness (QED) is 0.327. The van der Waals surface area contributed by atoms with Crippen LogP contribution in [0.1, 0.15) is 34.6 Å². The third-order valence-corrected chi connectivity index (χ3v) is 4.17. The van der Waals surface area contributed by atoms with E-state index in [-0.39, 0.29) is 5.69 Å². The maximum atomic E-state index is 12.1. The molecule has 1 rings (SSSR count). The summed E-state index contributed by atoms with van der Waals surface area (Å²) < 4.78 is 5.08. The molecule has 0 unspecified atom stereocenters. The van der Waals surface area contributed by atoms with Gasteiger partial charge in [-0.15, -0.1) is 11.8 Å². The minimum absolute atomic E-state index is 0.0478. The second-order valence-corrected chi connectivity index (χ2v) is 8.20. The fraction of sp³-hybridized carbons (Fsp3) is 0.471. The lowest BCUT2D eigenvalue weighted by molar-refractivity contribution is -0.384. The zero-order valence-corrected chi connectivity index (χ0v) is 16.6. The fourth-order valence-electron chi connectivity index (χ4n) is 1.81. The Hall–Kier alpha value is -2.62. The van der Waals surface area contributed by atoms with Crippen molar-refractivity contribution < 1.29 is 24.0 Å². The van der Waals surface area contributed by atoms with E-state index >= 15 is 0 Å². The minimum atomic E-state index is -1.15. The molecule has 0 aliphatic carbocycles. The SMILES string of the molecule is C[C@@H](OC(=O)[C@@H](C)Sc1ccc([N+](=O)[O-])cc1)C(=O)NC(=O)NC(C)(C)C. The van der Waals surface area contributed by atoms with E-state index in [0.717, 1.165) is 11.8 Å². The number of rotatable bonds is 6. The normalized spacial score (nSPS) is 13.2. The van der Waals surface area contributed by atoms with E-state index in [0.29, 0.717) is 4.90 Å². The number of urea groups is 1. The van der Waals surface area contributed by atoms with Crippen LogP contribution in [0.2, 0.25) is 0 Å². The number of ether oxygens (including phenoxy) is 1. The number of esters is 1. The number of amides is 3. The number of nitrogens with one attached hydrogen (secondary N) is 2. The number of non-ortho nitro benzene ring substituents is 1. The molecule has 2 atom stereocenters. The highest BCUT2D eigenvalue weighted by Crippen LogP contribution is 2.26. The van der Waals surface area contributed by atoms with Gasteiger partial charge in [-0.3, -0.25) is 25.0 Å². The van der Waals surface area contributed by atoms with Gasteiger partial charge in [0, 0.05) is 22.6 Å². The van der Waals surface area contributed by atoms with Gasteiger partial charge in [-0.1, -0.05) is 0 Å². The van der Waals surface area contributed by atoms with Gasteiger partial charge in [0.05, 0.1) is 4.92 Å². The van der Waals surface area contributed by atoms with Gasteiger partial charge in [0.2, 0.25) is 0 Å². The summed E-state index contributed by atoms with van der Waals surface area (Å²) in [5, 5.41) is 14.7. The Balaban J connectivity index is 2.54. The molecule has 0 radical (unpaired) electrons. The van der Waals surface area contributed by atoms with Gasteiger partial charge in [-0.2, -0.15) is 0 Å². The number of imide groups is 1. The van der Waals surface area contributed by atoms with Gasteiger partial charge in [-0.25, -0.2) is 4.79 Å². The van der Waals surface area contributed by atoms with Crippen molar-refractivity contribution in [3.05, 3.63) is 34.4 Å². The highest BCUT2D eigenvalue weighted by Gasteiger charge is 2.25. The Kier molecular flexibility index (Phi) is 7.77. The lowest BCUT2D eigenvalue weighted by atomic mass is 10.1. The minimum Gasteiger partial charge on any atom is -0.452 e. The molecule has 10 heteroatoms. The molecule has 0 fully saturated rings. The van der Waals surface area contributed by atoms with Crippen LogP contribution in [0, 0.1) is 10.1 Å². The van der Waals surface area contributed by atoms with Crippen LogP contribution in [0.4, 0.5) is 10.5 Å². The van der Waals surface area contributed by atoms with Crippen LogP contribution in [0.5, 0.6) is 0 Å². The van der Waals surface area contributed by atoms with E-state index in [4.69, 9.17) is 4.74 Å². The molecule has 0 saturated heterocycles. The van der Waals surface area contributed by atoms with Gasteiger partial charge < -0.3 is 10.1 Å². The molecule has 2 N–H and O–H groups in total. The molecule has 148 valence electrons. The van der Waals surface area contributed by atoms with Crippen molar-refractivity contribution in [3.63, 3.8) is 0 Å². The average molecular weight is 397 g/mol. The molecule has 0 aliphatic heterocycles. The van der Waals surface area contributed by atoms with Crippen molar-refractivity contribution in [2.24, 2.45) is 0 Å².